The Morgan fingerprint density at radius 3 is 3.18 bits per heavy atom. The zero-order valence-electron chi connectivity index (χ0n) is 9.80. The Morgan fingerprint density at radius 1 is 1.76 bits per heavy atom. The molecule has 1 fully saturated rings. The van der Waals surface area contributed by atoms with Gasteiger partial charge in [-0.15, -0.1) is 11.3 Å². The Hall–Kier alpha value is -1.20. The lowest BCUT2D eigenvalue weighted by atomic mass is 10.1. The Morgan fingerprint density at radius 2 is 2.59 bits per heavy atom. The van der Waals surface area contributed by atoms with Gasteiger partial charge < -0.3 is 10.0 Å². The SMILES string of the molecule is Cc1nc(C=CC(=O)N2CCC(CO)C2)cs1. The van der Waals surface area contributed by atoms with E-state index in [0.717, 1.165) is 23.7 Å². The lowest BCUT2D eigenvalue weighted by Crippen LogP contribution is -2.27. The second-order valence-electron chi connectivity index (χ2n) is 4.25. The van der Waals surface area contributed by atoms with Crippen molar-refractivity contribution in [2.75, 3.05) is 19.7 Å². The molecule has 0 radical (unpaired) electrons. The number of aliphatic hydroxyl groups is 1. The maximum absolute atomic E-state index is 11.8. The minimum atomic E-state index is 0.00611. The van der Waals surface area contributed by atoms with Crippen LogP contribution in [0.15, 0.2) is 11.5 Å². The molecule has 0 aliphatic carbocycles. The molecular weight excluding hydrogens is 236 g/mol. The smallest absolute Gasteiger partial charge is 0.246 e. The molecule has 4 nitrogen and oxygen atoms in total. The molecule has 17 heavy (non-hydrogen) atoms. The Labute approximate surface area is 105 Å². The minimum absolute atomic E-state index is 0.00611. The quantitative estimate of drug-likeness (QED) is 0.825. The molecule has 1 aromatic rings. The first kappa shape index (κ1) is 12.3. The molecule has 2 heterocycles. The number of rotatable bonds is 3. The highest BCUT2D eigenvalue weighted by atomic mass is 32.1. The van der Waals surface area contributed by atoms with E-state index in [1.807, 2.05) is 12.3 Å². The number of carbonyl (C=O) groups excluding carboxylic acids is 1. The number of thiazole rings is 1. The third kappa shape index (κ3) is 3.14. The zero-order chi connectivity index (χ0) is 12.3. The highest BCUT2D eigenvalue weighted by Crippen LogP contribution is 2.16. The molecule has 1 atom stereocenters. The third-order valence-corrected chi connectivity index (χ3v) is 3.68. The van der Waals surface area contributed by atoms with E-state index in [1.54, 1.807) is 28.4 Å². The number of amides is 1. The van der Waals surface area contributed by atoms with Crippen molar-refractivity contribution in [2.45, 2.75) is 13.3 Å². The molecule has 5 heteroatoms. The summed E-state index contributed by atoms with van der Waals surface area (Å²) in [4.78, 5) is 17.9. The monoisotopic (exact) mass is 252 g/mol. The van der Waals surface area contributed by atoms with Gasteiger partial charge in [0.05, 0.1) is 10.7 Å². The molecule has 1 aromatic heterocycles. The van der Waals surface area contributed by atoms with Crippen LogP contribution in [0.25, 0.3) is 6.08 Å². The van der Waals surface area contributed by atoms with E-state index < -0.39 is 0 Å². The summed E-state index contributed by atoms with van der Waals surface area (Å²) in [5.41, 5.74) is 0.832. The predicted octanol–water partition coefficient (Wildman–Crippen LogP) is 1.31. The van der Waals surface area contributed by atoms with E-state index in [4.69, 9.17) is 5.11 Å². The van der Waals surface area contributed by atoms with Crippen LogP contribution in [0.4, 0.5) is 0 Å². The average molecular weight is 252 g/mol. The lowest BCUT2D eigenvalue weighted by Gasteiger charge is -2.13. The number of nitrogens with zero attached hydrogens (tertiary/aromatic N) is 2. The van der Waals surface area contributed by atoms with Crippen molar-refractivity contribution in [2.24, 2.45) is 5.92 Å². The van der Waals surface area contributed by atoms with Crippen LogP contribution in [0, 0.1) is 12.8 Å². The van der Waals surface area contributed by atoms with Crippen LogP contribution < -0.4 is 0 Å². The molecule has 1 N–H and O–H groups in total. The van der Waals surface area contributed by atoms with Gasteiger partial charge in [0.15, 0.2) is 0 Å². The number of aromatic nitrogens is 1. The number of aryl methyl sites for hydroxylation is 1. The van der Waals surface area contributed by atoms with E-state index in [0.29, 0.717) is 6.54 Å². The van der Waals surface area contributed by atoms with Crippen molar-refractivity contribution in [1.82, 2.24) is 9.88 Å². The molecule has 2 rings (SSSR count). The molecule has 0 spiro atoms. The van der Waals surface area contributed by atoms with Crippen molar-refractivity contribution in [3.63, 3.8) is 0 Å². The molecule has 1 unspecified atom stereocenters. The molecule has 0 bridgehead atoms. The van der Waals surface area contributed by atoms with Crippen LogP contribution in [0.2, 0.25) is 0 Å². The van der Waals surface area contributed by atoms with Crippen molar-refractivity contribution in [3.05, 3.63) is 22.2 Å². The van der Waals surface area contributed by atoms with Crippen LogP contribution in [0.3, 0.4) is 0 Å². The summed E-state index contributed by atoms with van der Waals surface area (Å²) < 4.78 is 0. The average Bonchev–Trinajstić information content (AvgIpc) is 2.94. The van der Waals surface area contributed by atoms with E-state index in [9.17, 15) is 4.79 Å². The zero-order valence-corrected chi connectivity index (χ0v) is 10.6. The van der Waals surface area contributed by atoms with Gasteiger partial charge in [-0.05, 0) is 19.4 Å². The summed E-state index contributed by atoms with van der Waals surface area (Å²) in [6.07, 6.45) is 4.21. The number of aliphatic hydroxyl groups excluding tert-OH is 1. The normalized spacial score (nSPS) is 20.4. The van der Waals surface area contributed by atoms with Gasteiger partial charge in [0.25, 0.3) is 0 Å². The Balaban J connectivity index is 1.91. The van der Waals surface area contributed by atoms with Crippen molar-refractivity contribution < 1.29 is 9.90 Å². The summed E-state index contributed by atoms with van der Waals surface area (Å²) in [5, 5.41) is 11.9. The van der Waals surface area contributed by atoms with Gasteiger partial charge in [0, 0.05) is 37.1 Å². The number of likely N-dealkylation sites (tertiary alicyclic amines) is 1. The van der Waals surface area contributed by atoms with Crippen LogP contribution in [-0.4, -0.2) is 40.6 Å². The van der Waals surface area contributed by atoms with E-state index in [-0.39, 0.29) is 18.4 Å². The Kier molecular flexibility index (Phi) is 3.91. The van der Waals surface area contributed by atoms with Gasteiger partial charge in [-0.1, -0.05) is 0 Å². The largest absolute Gasteiger partial charge is 0.396 e. The van der Waals surface area contributed by atoms with Gasteiger partial charge in [0.1, 0.15) is 0 Å². The fraction of sp³-hybridized carbons (Fsp3) is 0.500. The second kappa shape index (κ2) is 5.42. The molecule has 1 amide bonds. The second-order valence-corrected chi connectivity index (χ2v) is 5.31. The number of hydrogen-bond donors (Lipinski definition) is 1. The molecule has 92 valence electrons. The molecule has 1 saturated heterocycles. The topological polar surface area (TPSA) is 53.4 Å². The Bertz CT molecular complexity index is 428. The summed E-state index contributed by atoms with van der Waals surface area (Å²) in [7, 11) is 0. The summed E-state index contributed by atoms with van der Waals surface area (Å²) in [6.45, 7) is 3.51. The molecule has 1 aliphatic rings. The van der Waals surface area contributed by atoms with E-state index in [1.165, 1.54) is 0 Å². The van der Waals surface area contributed by atoms with Gasteiger partial charge in [-0.2, -0.15) is 0 Å². The van der Waals surface area contributed by atoms with E-state index >= 15 is 0 Å². The van der Waals surface area contributed by atoms with Gasteiger partial charge >= 0.3 is 0 Å². The molecule has 0 aromatic carbocycles. The third-order valence-electron chi connectivity index (χ3n) is 2.89. The van der Waals surface area contributed by atoms with Crippen LogP contribution in [0.5, 0.6) is 0 Å². The van der Waals surface area contributed by atoms with Crippen LogP contribution in [0.1, 0.15) is 17.1 Å². The van der Waals surface area contributed by atoms with Crippen molar-refractivity contribution >= 4 is 23.3 Å². The van der Waals surface area contributed by atoms with Crippen LogP contribution >= 0.6 is 11.3 Å². The van der Waals surface area contributed by atoms with Gasteiger partial charge in [-0.3, -0.25) is 4.79 Å². The molecular formula is C12H16N2O2S. The van der Waals surface area contributed by atoms with Crippen molar-refractivity contribution in [3.8, 4) is 0 Å². The summed E-state index contributed by atoms with van der Waals surface area (Å²) in [6, 6.07) is 0. The first-order chi connectivity index (χ1) is 8.19. The summed E-state index contributed by atoms with van der Waals surface area (Å²) in [5.74, 6) is 0.250. The first-order valence-corrected chi connectivity index (χ1v) is 6.57. The maximum atomic E-state index is 11.8. The fourth-order valence-electron chi connectivity index (χ4n) is 1.90. The summed E-state index contributed by atoms with van der Waals surface area (Å²) >= 11 is 1.57. The van der Waals surface area contributed by atoms with Gasteiger partial charge in [0.2, 0.25) is 5.91 Å². The highest BCUT2D eigenvalue weighted by Gasteiger charge is 2.24. The standard InChI is InChI=1S/C12H16N2O2S/c1-9-13-11(8-17-9)2-3-12(16)14-5-4-10(6-14)7-15/h2-3,8,10,15H,4-7H2,1H3. The lowest BCUT2D eigenvalue weighted by molar-refractivity contribution is -0.125. The van der Waals surface area contributed by atoms with Crippen molar-refractivity contribution in [1.29, 1.82) is 0 Å². The number of hydrogen-bond acceptors (Lipinski definition) is 4. The molecule has 0 saturated carbocycles. The van der Waals surface area contributed by atoms with Crippen LogP contribution in [-0.2, 0) is 4.79 Å². The minimum Gasteiger partial charge on any atom is -0.396 e. The van der Waals surface area contributed by atoms with E-state index in [2.05, 4.69) is 4.98 Å². The first-order valence-electron chi connectivity index (χ1n) is 5.69. The van der Waals surface area contributed by atoms with Gasteiger partial charge in [-0.25, -0.2) is 4.98 Å². The number of carbonyl (C=O) groups is 1. The predicted molar refractivity (Wildman–Crippen MR) is 67.7 cm³/mol. The molecule has 1 aliphatic heterocycles. The maximum Gasteiger partial charge on any atom is 0.246 e. The highest BCUT2D eigenvalue weighted by molar-refractivity contribution is 7.09. The fourth-order valence-corrected chi connectivity index (χ4v) is 2.48.